The number of nitrogens with zero attached hydrogens (tertiary/aromatic N) is 1. The smallest absolute Gasteiger partial charge is 0.129 e. The highest BCUT2D eigenvalue weighted by atomic mass is 19.1. The van der Waals surface area contributed by atoms with E-state index in [9.17, 15) is 4.39 Å². The van der Waals surface area contributed by atoms with E-state index in [0.29, 0.717) is 18.5 Å². The molecule has 0 saturated heterocycles. The van der Waals surface area contributed by atoms with Crippen LogP contribution in [0.15, 0.2) is 12.1 Å². The largest absolute Gasteiger partial charge is 0.366 e. The number of hydrogen-bond donors (Lipinski definition) is 1. The summed E-state index contributed by atoms with van der Waals surface area (Å²) in [5.74, 6) is 0.376. The Bertz CT molecular complexity index is 508. The van der Waals surface area contributed by atoms with E-state index < -0.39 is 0 Å². The van der Waals surface area contributed by atoms with Crippen molar-refractivity contribution in [3.63, 3.8) is 0 Å². The Morgan fingerprint density at radius 1 is 1.38 bits per heavy atom. The van der Waals surface area contributed by atoms with Crippen molar-refractivity contribution < 1.29 is 4.39 Å². The second-order valence-corrected chi connectivity index (χ2v) is 7.20. The lowest BCUT2D eigenvalue weighted by Crippen LogP contribution is -2.48. The molecule has 0 bridgehead atoms. The van der Waals surface area contributed by atoms with Crippen molar-refractivity contribution in [3.8, 4) is 0 Å². The number of fused-ring (bicyclic) bond motifs is 1. The van der Waals surface area contributed by atoms with E-state index in [-0.39, 0.29) is 11.4 Å². The molecular formula is C18H29FN2. The van der Waals surface area contributed by atoms with Crippen molar-refractivity contribution in [1.29, 1.82) is 0 Å². The molecule has 0 amide bonds. The lowest BCUT2D eigenvalue weighted by molar-refractivity contribution is 0.380. The molecule has 118 valence electrons. The van der Waals surface area contributed by atoms with Crippen LogP contribution in [0, 0.1) is 5.82 Å². The van der Waals surface area contributed by atoms with E-state index in [1.54, 1.807) is 6.07 Å². The SMILES string of the molecule is CCN1c2cc(F)c(CNC(C)C)cc2C(C)CC1(C)C. The fourth-order valence-electron chi connectivity index (χ4n) is 3.60. The summed E-state index contributed by atoms with van der Waals surface area (Å²) < 4.78 is 14.4. The van der Waals surface area contributed by atoms with Crippen LogP contribution in [0.4, 0.5) is 10.1 Å². The Hall–Kier alpha value is -1.09. The summed E-state index contributed by atoms with van der Waals surface area (Å²) in [4.78, 5) is 2.34. The van der Waals surface area contributed by atoms with Gasteiger partial charge in [-0.25, -0.2) is 4.39 Å². The highest BCUT2D eigenvalue weighted by Crippen LogP contribution is 2.43. The fourth-order valence-corrected chi connectivity index (χ4v) is 3.60. The molecule has 1 aromatic carbocycles. The molecule has 1 unspecified atom stereocenters. The van der Waals surface area contributed by atoms with Crippen LogP contribution in [-0.4, -0.2) is 18.1 Å². The molecule has 1 N–H and O–H groups in total. The summed E-state index contributed by atoms with van der Waals surface area (Å²) in [6.07, 6.45) is 1.11. The fraction of sp³-hybridized carbons (Fsp3) is 0.667. The van der Waals surface area contributed by atoms with Gasteiger partial charge in [-0.1, -0.05) is 20.8 Å². The zero-order valence-corrected chi connectivity index (χ0v) is 14.3. The third-order valence-corrected chi connectivity index (χ3v) is 4.57. The molecule has 0 fully saturated rings. The van der Waals surface area contributed by atoms with Crippen LogP contribution >= 0.6 is 0 Å². The maximum atomic E-state index is 14.4. The summed E-state index contributed by atoms with van der Waals surface area (Å²) in [5.41, 5.74) is 3.24. The van der Waals surface area contributed by atoms with Gasteiger partial charge in [0.2, 0.25) is 0 Å². The van der Waals surface area contributed by atoms with Gasteiger partial charge in [0.25, 0.3) is 0 Å². The monoisotopic (exact) mass is 292 g/mol. The zero-order chi connectivity index (χ0) is 15.8. The topological polar surface area (TPSA) is 15.3 Å². The van der Waals surface area contributed by atoms with E-state index in [1.807, 2.05) is 0 Å². The summed E-state index contributed by atoms with van der Waals surface area (Å²) >= 11 is 0. The normalized spacial score (nSPS) is 20.8. The third-order valence-electron chi connectivity index (χ3n) is 4.57. The second kappa shape index (κ2) is 5.96. The van der Waals surface area contributed by atoms with Crippen molar-refractivity contribution in [3.05, 3.63) is 29.1 Å². The van der Waals surface area contributed by atoms with E-state index >= 15 is 0 Å². The molecule has 0 saturated carbocycles. The van der Waals surface area contributed by atoms with E-state index in [0.717, 1.165) is 24.2 Å². The average molecular weight is 292 g/mol. The summed E-state index contributed by atoms with van der Waals surface area (Å²) in [5, 5.41) is 3.31. The van der Waals surface area contributed by atoms with E-state index in [1.165, 1.54) is 5.56 Å². The molecule has 1 heterocycles. The van der Waals surface area contributed by atoms with Gasteiger partial charge in [0.1, 0.15) is 5.82 Å². The molecule has 21 heavy (non-hydrogen) atoms. The standard InChI is InChI=1S/C18H29FN2/c1-7-21-17-9-16(19)14(11-20-12(2)3)8-15(17)13(4)10-18(21,5)6/h8-9,12-13,20H,7,10-11H2,1-6H3. The number of hydrogen-bond acceptors (Lipinski definition) is 2. The van der Waals surface area contributed by atoms with Crippen LogP contribution in [0.3, 0.4) is 0 Å². The van der Waals surface area contributed by atoms with Crippen LogP contribution in [0.25, 0.3) is 0 Å². The lowest BCUT2D eigenvalue weighted by Gasteiger charge is -2.47. The summed E-state index contributed by atoms with van der Waals surface area (Å²) in [7, 11) is 0. The minimum Gasteiger partial charge on any atom is -0.366 e. The van der Waals surface area contributed by atoms with Gasteiger partial charge in [-0.3, -0.25) is 0 Å². The molecule has 0 aliphatic carbocycles. The van der Waals surface area contributed by atoms with Gasteiger partial charge < -0.3 is 10.2 Å². The Labute approximate surface area is 128 Å². The third kappa shape index (κ3) is 3.23. The minimum absolute atomic E-state index is 0.0886. The Balaban J connectivity index is 2.41. The first-order valence-corrected chi connectivity index (χ1v) is 8.09. The highest BCUT2D eigenvalue weighted by molar-refractivity contribution is 5.61. The number of benzene rings is 1. The molecule has 0 spiro atoms. The van der Waals surface area contributed by atoms with Gasteiger partial charge >= 0.3 is 0 Å². The Morgan fingerprint density at radius 2 is 2.05 bits per heavy atom. The summed E-state index contributed by atoms with van der Waals surface area (Å²) in [6.45, 7) is 14.6. The number of nitrogens with one attached hydrogen (secondary N) is 1. The second-order valence-electron chi connectivity index (χ2n) is 7.20. The maximum Gasteiger partial charge on any atom is 0.129 e. The van der Waals surface area contributed by atoms with Crippen molar-refractivity contribution in [2.24, 2.45) is 0 Å². The predicted molar refractivity (Wildman–Crippen MR) is 88.5 cm³/mol. The molecule has 1 aliphatic rings. The van der Waals surface area contributed by atoms with Crippen molar-refractivity contribution in [1.82, 2.24) is 5.32 Å². The molecule has 2 rings (SSSR count). The zero-order valence-electron chi connectivity index (χ0n) is 14.3. The van der Waals surface area contributed by atoms with E-state index in [4.69, 9.17) is 0 Å². The number of halogens is 1. The average Bonchev–Trinajstić information content (AvgIpc) is 2.36. The van der Waals surface area contributed by atoms with Crippen molar-refractivity contribution in [2.45, 2.75) is 72.0 Å². The molecule has 3 heteroatoms. The van der Waals surface area contributed by atoms with Gasteiger partial charge in [-0.2, -0.15) is 0 Å². The molecule has 1 atom stereocenters. The number of rotatable bonds is 4. The van der Waals surface area contributed by atoms with Crippen LogP contribution in [-0.2, 0) is 6.54 Å². The van der Waals surface area contributed by atoms with Gasteiger partial charge in [-0.15, -0.1) is 0 Å². The van der Waals surface area contributed by atoms with Crippen molar-refractivity contribution in [2.75, 3.05) is 11.4 Å². The quantitative estimate of drug-likeness (QED) is 0.883. The van der Waals surface area contributed by atoms with Crippen LogP contribution in [0.5, 0.6) is 0 Å². The van der Waals surface area contributed by atoms with E-state index in [2.05, 4.69) is 57.8 Å². The van der Waals surface area contributed by atoms with Crippen LogP contribution in [0.1, 0.15) is 65.0 Å². The van der Waals surface area contributed by atoms with Crippen LogP contribution in [0.2, 0.25) is 0 Å². The number of anilines is 1. The Kier molecular flexibility index (Phi) is 4.62. The van der Waals surface area contributed by atoms with Gasteiger partial charge in [0.15, 0.2) is 0 Å². The van der Waals surface area contributed by atoms with Crippen molar-refractivity contribution >= 4 is 5.69 Å². The van der Waals surface area contributed by atoms with Gasteiger partial charge in [0.05, 0.1) is 0 Å². The van der Waals surface area contributed by atoms with Gasteiger partial charge in [-0.05, 0) is 50.8 Å². The molecule has 0 radical (unpaired) electrons. The van der Waals surface area contributed by atoms with Gasteiger partial charge in [0, 0.05) is 35.9 Å². The first kappa shape index (κ1) is 16.3. The molecule has 1 aromatic rings. The van der Waals surface area contributed by atoms with Crippen LogP contribution < -0.4 is 10.2 Å². The minimum atomic E-state index is -0.0924. The molecule has 2 nitrogen and oxygen atoms in total. The maximum absolute atomic E-state index is 14.4. The highest BCUT2D eigenvalue weighted by Gasteiger charge is 2.36. The lowest BCUT2D eigenvalue weighted by atomic mass is 9.79. The predicted octanol–water partition coefficient (Wildman–Crippen LogP) is 4.44. The molecule has 0 aromatic heterocycles. The summed E-state index contributed by atoms with van der Waals surface area (Å²) in [6, 6.07) is 4.18. The molecule has 1 aliphatic heterocycles. The molecular weight excluding hydrogens is 263 g/mol. The first-order valence-electron chi connectivity index (χ1n) is 8.09. The Morgan fingerprint density at radius 3 is 2.62 bits per heavy atom. The first-order chi connectivity index (χ1) is 9.76.